The molecule has 0 saturated carbocycles. The highest BCUT2D eigenvalue weighted by Gasteiger charge is 2.34. The van der Waals surface area contributed by atoms with E-state index in [0.29, 0.717) is 18.6 Å². The molecule has 0 aliphatic heterocycles. The van der Waals surface area contributed by atoms with Gasteiger partial charge in [-0.15, -0.1) is 0 Å². The van der Waals surface area contributed by atoms with Crippen molar-refractivity contribution in [3.63, 3.8) is 0 Å². The normalized spacial score (nSPS) is 16.3. The summed E-state index contributed by atoms with van der Waals surface area (Å²) in [5.74, 6) is 0.850. The molecule has 1 aliphatic carbocycles. The van der Waals surface area contributed by atoms with Gasteiger partial charge in [-0.25, -0.2) is 0 Å². The third-order valence-electron chi connectivity index (χ3n) is 8.70. The van der Waals surface area contributed by atoms with Crippen LogP contribution >= 0.6 is 0 Å². The van der Waals surface area contributed by atoms with Crippen LogP contribution in [0.15, 0.2) is 30.3 Å². The van der Waals surface area contributed by atoms with Crippen molar-refractivity contribution in [2.45, 2.75) is 112 Å². The van der Waals surface area contributed by atoms with Gasteiger partial charge in [0.2, 0.25) is 0 Å². The Labute approximate surface area is 246 Å². The van der Waals surface area contributed by atoms with Gasteiger partial charge in [0.25, 0.3) is 0 Å². The highest BCUT2D eigenvalue weighted by Crippen LogP contribution is 2.40. The molecule has 5 heteroatoms. The molecule has 0 N–H and O–H groups in total. The van der Waals surface area contributed by atoms with Gasteiger partial charge in [0.1, 0.15) is 17.3 Å². The predicted octanol–water partition coefficient (Wildman–Crippen LogP) is 8.09. The Hall–Kier alpha value is -3.08. The number of benzene rings is 2. The van der Waals surface area contributed by atoms with Crippen LogP contribution in [0.25, 0.3) is 0 Å². The summed E-state index contributed by atoms with van der Waals surface area (Å²) in [7, 11) is 0. The first-order chi connectivity index (χ1) is 19.4. The van der Waals surface area contributed by atoms with Crippen LogP contribution in [0.2, 0.25) is 0 Å². The third-order valence-corrected chi connectivity index (χ3v) is 8.70. The summed E-state index contributed by atoms with van der Waals surface area (Å²) in [4.78, 5) is 50.9. The summed E-state index contributed by atoms with van der Waals surface area (Å²) in [5, 5.41) is 0. The number of esters is 1. The van der Waals surface area contributed by atoms with Crippen molar-refractivity contribution in [2.24, 2.45) is 17.8 Å². The van der Waals surface area contributed by atoms with Crippen molar-refractivity contribution < 1.29 is 23.9 Å². The molecule has 5 nitrogen and oxygen atoms in total. The van der Waals surface area contributed by atoms with Crippen LogP contribution < -0.4 is 4.74 Å². The number of hydrogen-bond donors (Lipinski definition) is 0. The molecule has 0 amide bonds. The average molecular weight is 561 g/mol. The van der Waals surface area contributed by atoms with E-state index in [1.54, 1.807) is 12.1 Å². The molecule has 0 bridgehead atoms. The van der Waals surface area contributed by atoms with Crippen LogP contribution in [0.5, 0.6) is 5.75 Å². The molecule has 0 heterocycles. The van der Waals surface area contributed by atoms with Crippen LogP contribution in [0, 0.1) is 31.6 Å². The first-order valence-electron chi connectivity index (χ1n) is 15.4. The molecule has 3 atom stereocenters. The van der Waals surface area contributed by atoms with E-state index in [2.05, 4.69) is 26.8 Å². The summed E-state index contributed by atoms with van der Waals surface area (Å²) in [5.41, 5.74) is 6.27. The lowest BCUT2D eigenvalue weighted by molar-refractivity contribution is -0.134. The fourth-order valence-electron chi connectivity index (χ4n) is 6.69. The lowest BCUT2D eigenvalue weighted by Crippen LogP contribution is -2.30. The SMILES string of the molecule is CCCC(CC1CC(=O)c2c(C)c(CCC(=O)Oc3ccc(C)cc3)cc(C(C)C)c2C1)C(CC)C(=O)CC(C)=O. The maximum absolute atomic E-state index is 13.7. The van der Waals surface area contributed by atoms with Crippen molar-refractivity contribution in [2.75, 3.05) is 0 Å². The third kappa shape index (κ3) is 8.47. The number of Topliss-reactive ketones (excluding diaryl/α,β-unsaturated/α-hetero) is 3. The molecule has 2 aromatic rings. The second-order valence-corrected chi connectivity index (χ2v) is 12.4. The zero-order valence-electron chi connectivity index (χ0n) is 26.1. The minimum atomic E-state index is -0.282. The van der Waals surface area contributed by atoms with Crippen LogP contribution in [0.4, 0.5) is 0 Å². The second-order valence-electron chi connectivity index (χ2n) is 12.4. The standard InChI is InChI=1S/C36H48O5/c1-8-10-28(30(9-2)33(38)17-24(6)37)18-26-19-32-31(22(3)4)21-27(25(7)36(32)34(39)20-26)13-16-35(40)41-29-14-11-23(5)12-15-29/h11-12,14-15,21-22,26,28,30H,8-10,13,16-20H2,1-7H3. The van der Waals surface area contributed by atoms with E-state index in [9.17, 15) is 19.2 Å². The molecule has 0 aromatic heterocycles. The molecular weight excluding hydrogens is 512 g/mol. The Morgan fingerprint density at radius 3 is 2.29 bits per heavy atom. The van der Waals surface area contributed by atoms with Crippen LogP contribution in [0.1, 0.15) is 124 Å². The highest BCUT2D eigenvalue weighted by atomic mass is 16.5. The molecule has 0 fully saturated rings. The number of ether oxygens (including phenoxy) is 1. The topological polar surface area (TPSA) is 77.5 Å². The molecule has 3 unspecified atom stereocenters. The van der Waals surface area contributed by atoms with Gasteiger partial charge in [0, 0.05) is 24.3 Å². The van der Waals surface area contributed by atoms with Crippen molar-refractivity contribution in [1.82, 2.24) is 0 Å². The summed E-state index contributed by atoms with van der Waals surface area (Å²) in [6, 6.07) is 9.64. The molecule has 0 spiro atoms. The monoisotopic (exact) mass is 560 g/mol. The van der Waals surface area contributed by atoms with Gasteiger partial charge in [0.05, 0.1) is 6.42 Å². The Bertz CT molecular complexity index is 1250. The van der Waals surface area contributed by atoms with Crippen molar-refractivity contribution in [3.05, 3.63) is 63.7 Å². The molecule has 2 aromatic carbocycles. The Morgan fingerprint density at radius 1 is 1.02 bits per heavy atom. The molecule has 222 valence electrons. The highest BCUT2D eigenvalue weighted by molar-refractivity contribution is 6.01. The van der Waals surface area contributed by atoms with Gasteiger partial charge >= 0.3 is 5.97 Å². The quantitative estimate of drug-likeness (QED) is 0.133. The fourth-order valence-corrected chi connectivity index (χ4v) is 6.69. The summed E-state index contributed by atoms with van der Waals surface area (Å²) < 4.78 is 5.53. The number of fused-ring (bicyclic) bond motifs is 1. The maximum Gasteiger partial charge on any atom is 0.311 e. The van der Waals surface area contributed by atoms with Crippen LogP contribution in [0.3, 0.4) is 0 Å². The van der Waals surface area contributed by atoms with Gasteiger partial charge < -0.3 is 4.74 Å². The Kier molecular flexibility index (Phi) is 11.6. The van der Waals surface area contributed by atoms with Crippen molar-refractivity contribution in [1.29, 1.82) is 0 Å². The molecular formula is C36H48O5. The summed E-state index contributed by atoms with van der Waals surface area (Å²) in [6.07, 6.45) is 5.51. The maximum atomic E-state index is 13.7. The zero-order valence-corrected chi connectivity index (χ0v) is 26.1. The van der Waals surface area contributed by atoms with Gasteiger partial charge in [0.15, 0.2) is 5.78 Å². The molecule has 1 aliphatic rings. The van der Waals surface area contributed by atoms with E-state index in [-0.39, 0.29) is 59.8 Å². The van der Waals surface area contributed by atoms with E-state index in [4.69, 9.17) is 4.74 Å². The number of ketones is 3. The van der Waals surface area contributed by atoms with Crippen molar-refractivity contribution >= 4 is 23.3 Å². The van der Waals surface area contributed by atoms with Gasteiger partial charge in [-0.05, 0) is 98.6 Å². The first-order valence-corrected chi connectivity index (χ1v) is 15.4. The first kappa shape index (κ1) is 32.4. The molecule has 0 saturated heterocycles. The molecule has 0 radical (unpaired) electrons. The Morgan fingerprint density at radius 2 is 1.71 bits per heavy atom. The number of rotatable bonds is 14. The number of hydrogen-bond acceptors (Lipinski definition) is 5. The molecule has 3 rings (SSSR count). The number of aryl methyl sites for hydroxylation is 2. The van der Waals surface area contributed by atoms with E-state index < -0.39 is 0 Å². The van der Waals surface area contributed by atoms with E-state index in [1.165, 1.54) is 12.5 Å². The van der Waals surface area contributed by atoms with E-state index in [0.717, 1.165) is 59.9 Å². The summed E-state index contributed by atoms with van der Waals surface area (Å²) >= 11 is 0. The Balaban J connectivity index is 1.81. The number of carbonyl (C=O) groups is 4. The van der Waals surface area contributed by atoms with Gasteiger partial charge in [-0.1, -0.05) is 64.3 Å². The van der Waals surface area contributed by atoms with Gasteiger partial charge in [-0.2, -0.15) is 0 Å². The fraction of sp³-hybridized carbons (Fsp3) is 0.556. The van der Waals surface area contributed by atoms with Gasteiger partial charge in [-0.3, -0.25) is 19.2 Å². The summed E-state index contributed by atoms with van der Waals surface area (Å²) in [6.45, 7) is 14.0. The lowest BCUT2D eigenvalue weighted by atomic mass is 9.70. The number of carbonyl (C=O) groups excluding carboxylic acids is 4. The van der Waals surface area contributed by atoms with E-state index >= 15 is 0 Å². The minimum absolute atomic E-state index is 0.00316. The average Bonchev–Trinajstić information content (AvgIpc) is 2.89. The van der Waals surface area contributed by atoms with Crippen LogP contribution in [-0.4, -0.2) is 23.3 Å². The second kappa shape index (κ2) is 14.7. The smallest absolute Gasteiger partial charge is 0.311 e. The zero-order chi connectivity index (χ0) is 30.3. The minimum Gasteiger partial charge on any atom is -0.427 e. The molecule has 41 heavy (non-hydrogen) atoms. The largest absolute Gasteiger partial charge is 0.427 e. The van der Waals surface area contributed by atoms with E-state index in [1.807, 2.05) is 32.9 Å². The van der Waals surface area contributed by atoms with Crippen LogP contribution in [-0.2, 0) is 27.2 Å². The van der Waals surface area contributed by atoms with Crippen molar-refractivity contribution in [3.8, 4) is 5.75 Å². The predicted molar refractivity (Wildman–Crippen MR) is 164 cm³/mol. The lowest BCUT2D eigenvalue weighted by Gasteiger charge is -2.33.